The van der Waals surface area contributed by atoms with Crippen LogP contribution in [0.2, 0.25) is 5.02 Å². The predicted molar refractivity (Wildman–Crippen MR) is 87.7 cm³/mol. The van der Waals surface area contributed by atoms with Crippen molar-refractivity contribution in [2.75, 3.05) is 26.3 Å². The second-order valence-corrected chi connectivity index (χ2v) is 7.61. The Bertz CT molecular complexity index is 651. The Labute approximate surface area is 145 Å². The maximum absolute atomic E-state index is 13.3. The van der Waals surface area contributed by atoms with Gasteiger partial charge in [0.1, 0.15) is 5.82 Å². The zero-order valence-electron chi connectivity index (χ0n) is 13.5. The van der Waals surface area contributed by atoms with Crippen LogP contribution in [0.15, 0.2) is 18.2 Å². The molecule has 2 aliphatic heterocycles. The van der Waals surface area contributed by atoms with Gasteiger partial charge in [0.25, 0.3) is 5.91 Å². The van der Waals surface area contributed by atoms with Gasteiger partial charge in [-0.25, -0.2) is 4.39 Å². The molecule has 4 rings (SSSR count). The van der Waals surface area contributed by atoms with Crippen LogP contribution in [0.25, 0.3) is 0 Å². The van der Waals surface area contributed by atoms with E-state index in [0.717, 1.165) is 25.4 Å². The monoisotopic (exact) mass is 353 g/mol. The van der Waals surface area contributed by atoms with Crippen molar-refractivity contribution in [2.24, 2.45) is 5.92 Å². The molecule has 130 valence electrons. The standard InChI is InChI=1S/C18H21ClFNO3/c19-15-7-13(3-4-16(15)20)17(22)21-6-5-18(11-21)8-14(10-24-18)23-9-12-1-2-12/h3-4,7,12,14H,1-2,5-6,8-11H2/t14-,18+/m1/s1. The molecule has 1 aliphatic carbocycles. The van der Waals surface area contributed by atoms with Gasteiger partial charge in [-0.15, -0.1) is 0 Å². The van der Waals surface area contributed by atoms with Gasteiger partial charge in [0.2, 0.25) is 0 Å². The fourth-order valence-corrected chi connectivity index (χ4v) is 3.76. The highest BCUT2D eigenvalue weighted by atomic mass is 35.5. The number of amides is 1. The molecular formula is C18H21ClFNO3. The van der Waals surface area contributed by atoms with Gasteiger partial charge in [-0.1, -0.05) is 11.6 Å². The van der Waals surface area contributed by atoms with Crippen LogP contribution in [-0.4, -0.2) is 48.8 Å². The van der Waals surface area contributed by atoms with E-state index < -0.39 is 5.82 Å². The molecule has 0 N–H and O–H groups in total. The van der Waals surface area contributed by atoms with Crippen LogP contribution in [0, 0.1) is 11.7 Å². The largest absolute Gasteiger partial charge is 0.375 e. The normalized spacial score (nSPS) is 29.6. The van der Waals surface area contributed by atoms with E-state index in [1.165, 1.54) is 31.0 Å². The second-order valence-electron chi connectivity index (χ2n) is 7.20. The van der Waals surface area contributed by atoms with Crippen LogP contribution in [0.1, 0.15) is 36.0 Å². The molecule has 4 nitrogen and oxygen atoms in total. The highest BCUT2D eigenvalue weighted by molar-refractivity contribution is 6.31. The summed E-state index contributed by atoms with van der Waals surface area (Å²) in [4.78, 5) is 14.4. The summed E-state index contributed by atoms with van der Waals surface area (Å²) in [5.41, 5.74) is 0.131. The molecule has 6 heteroatoms. The predicted octanol–water partition coefficient (Wildman–Crippen LogP) is 3.28. The van der Waals surface area contributed by atoms with Crippen LogP contribution in [0.4, 0.5) is 4.39 Å². The Kier molecular flexibility index (Phi) is 4.27. The average molecular weight is 354 g/mol. The molecule has 0 unspecified atom stereocenters. The van der Waals surface area contributed by atoms with Crippen LogP contribution in [0.5, 0.6) is 0 Å². The average Bonchev–Trinajstić information content (AvgIpc) is 3.19. The number of halogens is 2. The minimum absolute atomic E-state index is 0.0274. The molecule has 1 aromatic carbocycles. The minimum atomic E-state index is -0.513. The first-order chi connectivity index (χ1) is 11.5. The van der Waals surface area contributed by atoms with Crippen molar-refractivity contribution in [3.63, 3.8) is 0 Å². The molecule has 24 heavy (non-hydrogen) atoms. The summed E-state index contributed by atoms with van der Waals surface area (Å²) in [6.45, 7) is 2.64. The van der Waals surface area contributed by atoms with E-state index in [1.54, 1.807) is 4.90 Å². The van der Waals surface area contributed by atoms with Gasteiger partial charge >= 0.3 is 0 Å². The van der Waals surface area contributed by atoms with Crippen molar-refractivity contribution < 1.29 is 18.7 Å². The SMILES string of the molecule is O=C(c1ccc(F)c(Cl)c1)N1CC[C@]2(C[C@@H](OCC3CC3)CO2)C1. The van der Waals surface area contributed by atoms with Gasteiger partial charge in [-0.05, 0) is 43.4 Å². The zero-order valence-corrected chi connectivity index (χ0v) is 14.2. The van der Waals surface area contributed by atoms with Crippen molar-refractivity contribution >= 4 is 17.5 Å². The Morgan fingerprint density at radius 3 is 3.04 bits per heavy atom. The molecule has 3 aliphatic rings. The number of rotatable bonds is 4. The lowest BCUT2D eigenvalue weighted by molar-refractivity contribution is 0.00157. The first-order valence-corrected chi connectivity index (χ1v) is 8.92. The number of carbonyl (C=O) groups is 1. The summed E-state index contributed by atoms with van der Waals surface area (Å²) in [6.07, 6.45) is 4.36. The summed E-state index contributed by atoms with van der Waals surface area (Å²) in [5, 5.41) is -0.0274. The van der Waals surface area contributed by atoms with E-state index in [4.69, 9.17) is 21.1 Å². The highest BCUT2D eigenvalue weighted by Gasteiger charge is 2.47. The molecule has 1 saturated carbocycles. The number of carbonyl (C=O) groups excluding carboxylic acids is 1. The van der Waals surface area contributed by atoms with E-state index >= 15 is 0 Å². The maximum Gasteiger partial charge on any atom is 0.254 e. The maximum atomic E-state index is 13.3. The Morgan fingerprint density at radius 1 is 1.46 bits per heavy atom. The van der Waals surface area contributed by atoms with Crippen molar-refractivity contribution in [1.29, 1.82) is 0 Å². The summed E-state index contributed by atoms with van der Waals surface area (Å²) in [7, 11) is 0. The number of hydrogen-bond acceptors (Lipinski definition) is 3. The Morgan fingerprint density at radius 2 is 2.29 bits per heavy atom. The molecule has 2 heterocycles. The van der Waals surface area contributed by atoms with Crippen molar-refractivity contribution in [3.05, 3.63) is 34.6 Å². The fraction of sp³-hybridized carbons (Fsp3) is 0.611. The van der Waals surface area contributed by atoms with E-state index in [9.17, 15) is 9.18 Å². The van der Waals surface area contributed by atoms with E-state index in [1.807, 2.05) is 0 Å². The zero-order chi connectivity index (χ0) is 16.7. The first kappa shape index (κ1) is 16.3. The van der Waals surface area contributed by atoms with Gasteiger partial charge in [0.05, 0.1) is 29.9 Å². The van der Waals surface area contributed by atoms with Gasteiger partial charge in [0.15, 0.2) is 0 Å². The molecule has 3 fully saturated rings. The summed E-state index contributed by atoms with van der Waals surface area (Å²) < 4.78 is 25.2. The molecule has 2 saturated heterocycles. The quantitative estimate of drug-likeness (QED) is 0.833. The summed E-state index contributed by atoms with van der Waals surface area (Å²) in [6, 6.07) is 4.10. The smallest absolute Gasteiger partial charge is 0.254 e. The summed E-state index contributed by atoms with van der Waals surface area (Å²) in [5.74, 6) is 0.104. The fourth-order valence-electron chi connectivity index (χ4n) is 3.58. The van der Waals surface area contributed by atoms with E-state index in [0.29, 0.717) is 25.3 Å². The van der Waals surface area contributed by atoms with Crippen LogP contribution >= 0.6 is 11.6 Å². The van der Waals surface area contributed by atoms with E-state index in [2.05, 4.69) is 0 Å². The number of likely N-dealkylation sites (tertiary alicyclic amines) is 1. The van der Waals surface area contributed by atoms with Gasteiger partial charge in [0, 0.05) is 25.1 Å². The number of nitrogens with zero attached hydrogens (tertiary/aromatic N) is 1. The number of ether oxygens (including phenoxy) is 2. The lowest BCUT2D eigenvalue weighted by Gasteiger charge is -2.23. The first-order valence-electron chi connectivity index (χ1n) is 8.55. The van der Waals surface area contributed by atoms with Gasteiger partial charge < -0.3 is 14.4 Å². The molecule has 0 bridgehead atoms. The van der Waals surface area contributed by atoms with Crippen molar-refractivity contribution in [1.82, 2.24) is 4.90 Å². The molecule has 1 aromatic rings. The third kappa shape index (κ3) is 3.30. The molecule has 1 spiro atoms. The lowest BCUT2D eigenvalue weighted by Crippen LogP contribution is -2.36. The molecule has 0 aromatic heterocycles. The second kappa shape index (κ2) is 6.28. The van der Waals surface area contributed by atoms with Gasteiger partial charge in [-0.3, -0.25) is 4.79 Å². The number of hydrogen-bond donors (Lipinski definition) is 0. The molecular weight excluding hydrogens is 333 g/mol. The Balaban J connectivity index is 1.37. The molecule has 1 amide bonds. The van der Waals surface area contributed by atoms with Crippen LogP contribution < -0.4 is 0 Å². The number of benzene rings is 1. The van der Waals surface area contributed by atoms with Crippen LogP contribution in [0.3, 0.4) is 0 Å². The van der Waals surface area contributed by atoms with Crippen LogP contribution in [-0.2, 0) is 9.47 Å². The van der Waals surface area contributed by atoms with Gasteiger partial charge in [-0.2, -0.15) is 0 Å². The Hall–Kier alpha value is -1.17. The summed E-state index contributed by atoms with van der Waals surface area (Å²) >= 11 is 5.78. The van der Waals surface area contributed by atoms with Crippen molar-refractivity contribution in [3.8, 4) is 0 Å². The minimum Gasteiger partial charge on any atom is -0.375 e. The third-order valence-electron chi connectivity index (χ3n) is 5.21. The van der Waals surface area contributed by atoms with E-state index in [-0.39, 0.29) is 22.6 Å². The third-order valence-corrected chi connectivity index (χ3v) is 5.50. The lowest BCUT2D eigenvalue weighted by atomic mass is 9.98. The molecule has 0 radical (unpaired) electrons. The molecule has 2 atom stereocenters. The topological polar surface area (TPSA) is 38.8 Å². The highest BCUT2D eigenvalue weighted by Crippen LogP contribution is 2.38. The van der Waals surface area contributed by atoms with Crippen molar-refractivity contribution in [2.45, 2.75) is 37.4 Å².